The summed E-state index contributed by atoms with van der Waals surface area (Å²) < 4.78 is 0. The number of carboxylic acid groups (broad SMARTS) is 1. The van der Waals surface area contributed by atoms with Crippen molar-refractivity contribution in [3.8, 4) is 0 Å². The van der Waals surface area contributed by atoms with Crippen molar-refractivity contribution in [3.63, 3.8) is 0 Å². The Labute approximate surface area is 174 Å². The minimum Gasteiger partial charge on any atom is -0.481 e. The molecule has 0 heterocycles. The van der Waals surface area contributed by atoms with Gasteiger partial charge < -0.3 is 15.3 Å². The number of aliphatic carboxylic acids is 1. The van der Waals surface area contributed by atoms with Gasteiger partial charge in [0.1, 0.15) is 5.78 Å². The van der Waals surface area contributed by atoms with E-state index in [2.05, 4.69) is 20.8 Å². The lowest BCUT2D eigenvalue weighted by atomic mass is 9.43. The SMILES string of the molecule is C[C@H](CCC(=O)O)[C@H]1CC[C@H]2[C@@H]3C(O)CC4CC(O)CC[C@]4(C)[C@H]3CC(=O)[C@]12C. The Kier molecular flexibility index (Phi) is 5.39. The Morgan fingerprint density at radius 2 is 1.86 bits per heavy atom. The summed E-state index contributed by atoms with van der Waals surface area (Å²) in [5.41, 5.74) is -0.398. The zero-order chi connectivity index (χ0) is 21.1. The third-order valence-corrected chi connectivity index (χ3v) is 10.1. The Morgan fingerprint density at radius 1 is 1.14 bits per heavy atom. The van der Waals surface area contributed by atoms with E-state index in [1.54, 1.807) is 0 Å². The average Bonchev–Trinajstić information content (AvgIpc) is 3.01. The van der Waals surface area contributed by atoms with Crippen LogP contribution in [0.2, 0.25) is 0 Å². The van der Waals surface area contributed by atoms with E-state index >= 15 is 0 Å². The first-order chi connectivity index (χ1) is 13.6. The highest BCUT2D eigenvalue weighted by Crippen LogP contribution is 2.67. The number of hydrogen-bond donors (Lipinski definition) is 3. The molecule has 4 saturated carbocycles. The maximum atomic E-state index is 13.6. The predicted octanol–water partition coefficient (Wildman–Crippen LogP) is 3.66. The molecule has 5 nitrogen and oxygen atoms in total. The third kappa shape index (κ3) is 3.18. The summed E-state index contributed by atoms with van der Waals surface area (Å²) >= 11 is 0. The fraction of sp³-hybridized carbons (Fsp3) is 0.917. The molecule has 0 aliphatic heterocycles. The van der Waals surface area contributed by atoms with Gasteiger partial charge in [-0.3, -0.25) is 9.59 Å². The van der Waals surface area contributed by atoms with Crippen LogP contribution < -0.4 is 0 Å². The summed E-state index contributed by atoms with van der Waals surface area (Å²) in [4.78, 5) is 24.7. The van der Waals surface area contributed by atoms with Crippen LogP contribution in [0.5, 0.6) is 0 Å². The summed E-state index contributed by atoms with van der Waals surface area (Å²) in [6, 6.07) is 0. The van der Waals surface area contributed by atoms with Crippen molar-refractivity contribution in [2.45, 2.75) is 90.8 Å². The zero-order valence-corrected chi connectivity index (χ0v) is 18.1. The minimum absolute atomic E-state index is 0.0348. The number of rotatable bonds is 4. The van der Waals surface area contributed by atoms with Crippen molar-refractivity contribution >= 4 is 11.8 Å². The molecule has 4 aliphatic rings. The quantitative estimate of drug-likeness (QED) is 0.662. The Hall–Kier alpha value is -0.940. The van der Waals surface area contributed by atoms with Crippen molar-refractivity contribution in [2.24, 2.45) is 46.3 Å². The molecule has 4 fully saturated rings. The number of Topliss-reactive ketones (excluding diaryl/α,β-unsaturated/α-hetero) is 1. The second kappa shape index (κ2) is 7.33. The summed E-state index contributed by atoms with van der Waals surface area (Å²) in [6.07, 6.45) is 5.82. The van der Waals surface area contributed by atoms with Gasteiger partial charge in [-0.15, -0.1) is 0 Å². The van der Waals surface area contributed by atoms with Crippen LogP contribution in [0.4, 0.5) is 0 Å². The highest BCUT2D eigenvalue weighted by atomic mass is 16.4. The lowest BCUT2D eigenvalue weighted by Gasteiger charge is -2.61. The average molecular weight is 407 g/mol. The number of carbonyl (C=O) groups is 2. The number of carbonyl (C=O) groups excluding carboxylic acids is 1. The highest BCUT2D eigenvalue weighted by molar-refractivity contribution is 5.87. The Bertz CT molecular complexity index is 676. The van der Waals surface area contributed by atoms with E-state index < -0.39 is 17.5 Å². The van der Waals surface area contributed by atoms with Gasteiger partial charge in [-0.05, 0) is 85.9 Å². The van der Waals surface area contributed by atoms with Gasteiger partial charge in [-0.2, -0.15) is 0 Å². The van der Waals surface area contributed by atoms with Gasteiger partial charge in [0.25, 0.3) is 0 Å². The maximum absolute atomic E-state index is 13.6. The molecular formula is C24H38O5. The molecule has 4 aliphatic carbocycles. The normalized spacial score (nSPS) is 50.4. The van der Waals surface area contributed by atoms with Crippen molar-refractivity contribution in [2.75, 3.05) is 0 Å². The molecule has 0 radical (unpaired) electrons. The molecule has 0 aromatic heterocycles. The molecule has 0 aromatic rings. The van der Waals surface area contributed by atoms with E-state index in [1.807, 2.05) is 0 Å². The van der Waals surface area contributed by atoms with Gasteiger partial charge in [0.05, 0.1) is 12.2 Å². The summed E-state index contributed by atoms with van der Waals surface area (Å²) in [5.74, 6) is 0.855. The largest absolute Gasteiger partial charge is 0.481 e. The van der Waals surface area contributed by atoms with Crippen molar-refractivity contribution in [1.29, 1.82) is 0 Å². The summed E-state index contributed by atoms with van der Waals surface area (Å²) in [5, 5.41) is 30.5. The molecule has 0 spiro atoms. The van der Waals surface area contributed by atoms with E-state index in [-0.39, 0.29) is 47.5 Å². The molecule has 5 heteroatoms. The molecule has 0 amide bonds. The van der Waals surface area contributed by atoms with Crippen LogP contribution in [-0.2, 0) is 9.59 Å². The fourth-order valence-corrected chi connectivity index (χ4v) is 8.41. The van der Waals surface area contributed by atoms with Gasteiger partial charge in [-0.25, -0.2) is 0 Å². The van der Waals surface area contributed by atoms with Gasteiger partial charge in [0.15, 0.2) is 0 Å². The molecule has 0 bridgehead atoms. The van der Waals surface area contributed by atoms with Crippen molar-refractivity contribution in [3.05, 3.63) is 0 Å². The van der Waals surface area contributed by atoms with E-state index in [1.165, 1.54) is 0 Å². The second-order valence-corrected chi connectivity index (χ2v) is 11.2. The lowest BCUT2D eigenvalue weighted by molar-refractivity contribution is -0.181. The summed E-state index contributed by atoms with van der Waals surface area (Å²) in [7, 11) is 0. The van der Waals surface area contributed by atoms with E-state index in [0.29, 0.717) is 24.5 Å². The minimum atomic E-state index is -0.771. The van der Waals surface area contributed by atoms with Crippen LogP contribution in [0.15, 0.2) is 0 Å². The molecule has 0 saturated heterocycles. The molecule has 3 unspecified atom stereocenters. The maximum Gasteiger partial charge on any atom is 0.303 e. The highest BCUT2D eigenvalue weighted by Gasteiger charge is 2.65. The van der Waals surface area contributed by atoms with Gasteiger partial charge in [0.2, 0.25) is 0 Å². The molecule has 164 valence electrons. The third-order valence-electron chi connectivity index (χ3n) is 10.1. The van der Waals surface area contributed by atoms with Gasteiger partial charge in [0, 0.05) is 18.3 Å². The van der Waals surface area contributed by atoms with E-state index in [0.717, 1.165) is 38.5 Å². The zero-order valence-electron chi connectivity index (χ0n) is 18.1. The van der Waals surface area contributed by atoms with Gasteiger partial charge >= 0.3 is 5.97 Å². The molecule has 3 N–H and O–H groups in total. The first-order valence-corrected chi connectivity index (χ1v) is 11.7. The number of aliphatic hydroxyl groups excluding tert-OH is 2. The number of fused-ring (bicyclic) bond motifs is 5. The lowest BCUT2D eigenvalue weighted by Crippen LogP contribution is -2.61. The van der Waals surface area contributed by atoms with Crippen LogP contribution in [-0.4, -0.2) is 39.3 Å². The van der Waals surface area contributed by atoms with Crippen LogP contribution in [0.1, 0.15) is 78.6 Å². The number of aliphatic hydroxyl groups is 2. The number of carboxylic acids is 1. The van der Waals surface area contributed by atoms with Crippen LogP contribution in [0.3, 0.4) is 0 Å². The first-order valence-electron chi connectivity index (χ1n) is 11.7. The number of ketones is 1. The Morgan fingerprint density at radius 3 is 2.55 bits per heavy atom. The van der Waals surface area contributed by atoms with E-state index in [4.69, 9.17) is 5.11 Å². The standard InChI is InChI=1S/C24H38O5/c1-13(4-7-21(28)29)16-5-6-17-22-18(12-20(27)24(16,17)3)23(2)9-8-15(25)10-14(23)11-19(22)26/h13-19,22,25-26H,4-12H2,1-3H3,(H,28,29)/t13-,14?,15?,16-,17+,18+,19?,22+,23+,24-/m1/s1. The smallest absolute Gasteiger partial charge is 0.303 e. The summed E-state index contributed by atoms with van der Waals surface area (Å²) in [6.45, 7) is 6.54. The monoisotopic (exact) mass is 406 g/mol. The molecule has 0 aromatic carbocycles. The van der Waals surface area contributed by atoms with Crippen LogP contribution in [0, 0.1) is 46.3 Å². The van der Waals surface area contributed by atoms with E-state index in [9.17, 15) is 19.8 Å². The second-order valence-electron chi connectivity index (χ2n) is 11.2. The van der Waals surface area contributed by atoms with Crippen LogP contribution in [0.25, 0.3) is 0 Å². The Balaban J connectivity index is 1.62. The molecule has 10 atom stereocenters. The van der Waals surface area contributed by atoms with Crippen LogP contribution >= 0.6 is 0 Å². The fourth-order valence-electron chi connectivity index (χ4n) is 8.41. The topological polar surface area (TPSA) is 94.8 Å². The van der Waals surface area contributed by atoms with Gasteiger partial charge in [-0.1, -0.05) is 20.8 Å². The first kappa shape index (κ1) is 21.3. The van der Waals surface area contributed by atoms with Crippen molar-refractivity contribution < 1.29 is 24.9 Å². The number of hydrogen-bond acceptors (Lipinski definition) is 4. The molecule has 4 rings (SSSR count). The predicted molar refractivity (Wildman–Crippen MR) is 109 cm³/mol. The van der Waals surface area contributed by atoms with Crippen molar-refractivity contribution in [1.82, 2.24) is 0 Å². The molecular weight excluding hydrogens is 368 g/mol. The molecule has 29 heavy (non-hydrogen) atoms.